The molecule has 0 bridgehead atoms. The maximum atomic E-state index is 5.46. The highest BCUT2D eigenvalue weighted by Gasteiger charge is 2.28. The fraction of sp³-hybridized carbons (Fsp3) is 0.350. The number of hydrogen-bond donors (Lipinski definition) is 0. The van der Waals surface area contributed by atoms with E-state index in [0.717, 1.165) is 29.0 Å². The van der Waals surface area contributed by atoms with E-state index in [4.69, 9.17) is 24.0 Å². The topological polar surface area (TPSA) is 52.5 Å². The highest BCUT2D eigenvalue weighted by molar-refractivity contribution is 6.02. The Hall–Kier alpha value is -2.89. The van der Waals surface area contributed by atoms with Crippen LogP contribution in [0.1, 0.15) is 23.6 Å². The Kier molecular flexibility index (Phi) is 5.21. The fourth-order valence-electron chi connectivity index (χ4n) is 3.22. The van der Waals surface area contributed by atoms with Crippen molar-refractivity contribution in [2.75, 3.05) is 35.5 Å². The van der Waals surface area contributed by atoms with Crippen LogP contribution >= 0.6 is 0 Å². The Balaban J connectivity index is 1.92. The van der Waals surface area contributed by atoms with E-state index in [0.29, 0.717) is 17.2 Å². The third kappa shape index (κ3) is 3.27. The first kappa shape index (κ1) is 17.9. The van der Waals surface area contributed by atoms with Gasteiger partial charge in [0.2, 0.25) is 5.75 Å². The van der Waals surface area contributed by atoms with Crippen molar-refractivity contribution in [3.8, 4) is 23.0 Å². The van der Waals surface area contributed by atoms with Crippen LogP contribution in [0.5, 0.6) is 23.0 Å². The molecule has 6 nitrogen and oxygen atoms in total. The summed E-state index contributed by atoms with van der Waals surface area (Å²) in [6, 6.07) is 12.1. The molecule has 1 aliphatic rings. The highest BCUT2D eigenvalue weighted by Crippen LogP contribution is 2.40. The third-order valence-electron chi connectivity index (χ3n) is 4.59. The second-order valence-corrected chi connectivity index (χ2v) is 6.03. The molecular formula is C20H24N2O4. The molecule has 0 amide bonds. The van der Waals surface area contributed by atoms with Gasteiger partial charge in [0, 0.05) is 19.0 Å². The van der Waals surface area contributed by atoms with Gasteiger partial charge in [0.15, 0.2) is 11.5 Å². The van der Waals surface area contributed by atoms with E-state index in [1.54, 1.807) is 28.4 Å². The van der Waals surface area contributed by atoms with Gasteiger partial charge in [-0.05, 0) is 29.8 Å². The Morgan fingerprint density at radius 1 is 0.923 bits per heavy atom. The first-order valence-electron chi connectivity index (χ1n) is 8.36. The number of rotatable bonds is 6. The van der Waals surface area contributed by atoms with Gasteiger partial charge in [-0.15, -0.1) is 0 Å². The fourth-order valence-corrected chi connectivity index (χ4v) is 3.22. The van der Waals surface area contributed by atoms with E-state index in [-0.39, 0.29) is 6.04 Å². The van der Waals surface area contributed by atoms with Gasteiger partial charge in [0.1, 0.15) is 5.75 Å². The maximum Gasteiger partial charge on any atom is 0.203 e. The summed E-state index contributed by atoms with van der Waals surface area (Å²) in [4.78, 5) is 0. The van der Waals surface area contributed by atoms with Crippen molar-refractivity contribution >= 4 is 5.71 Å². The number of hydrogen-bond acceptors (Lipinski definition) is 6. The monoisotopic (exact) mass is 356 g/mol. The largest absolute Gasteiger partial charge is 0.497 e. The highest BCUT2D eigenvalue weighted by atomic mass is 16.5. The molecule has 26 heavy (non-hydrogen) atoms. The van der Waals surface area contributed by atoms with Crippen LogP contribution in [0.25, 0.3) is 0 Å². The molecule has 1 aliphatic heterocycles. The summed E-state index contributed by atoms with van der Waals surface area (Å²) in [5, 5.41) is 6.72. The Labute approximate surface area is 153 Å². The molecule has 2 aromatic rings. The number of nitrogens with zero attached hydrogens (tertiary/aromatic N) is 2. The van der Waals surface area contributed by atoms with Gasteiger partial charge in [-0.3, -0.25) is 5.01 Å². The van der Waals surface area contributed by atoms with Gasteiger partial charge in [0.05, 0.1) is 40.2 Å². The summed E-state index contributed by atoms with van der Waals surface area (Å²) >= 11 is 0. The number of ether oxygens (including phenoxy) is 4. The van der Waals surface area contributed by atoms with E-state index < -0.39 is 0 Å². The Bertz CT molecular complexity index is 794. The van der Waals surface area contributed by atoms with Crippen LogP contribution in [0, 0.1) is 0 Å². The van der Waals surface area contributed by atoms with E-state index in [9.17, 15) is 0 Å². The minimum Gasteiger partial charge on any atom is -0.497 e. The lowest BCUT2D eigenvalue weighted by molar-refractivity contribution is 0.289. The first-order chi connectivity index (χ1) is 12.6. The summed E-state index contributed by atoms with van der Waals surface area (Å²) in [5.41, 5.74) is 3.09. The van der Waals surface area contributed by atoms with Crippen molar-refractivity contribution in [1.29, 1.82) is 0 Å². The zero-order valence-electron chi connectivity index (χ0n) is 15.8. The number of benzene rings is 2. The second-order valence-electron chi connectivity index (χ2n) is 6.03. The zero-order valence-corrected chi connectivity index (χ0v) is 15.8. The smallest absolute Gasteiger partial charge is 0.203 e. The molecule has 0 aromatic heterocycles. The van der Waals surface area contributed by atoms with Crippen molar-refractivity contribution < 1.29 is 18.9 Å². The van der Waals surface area contributed by atoms with E-state index in [1.807, 2.05) is 36.3 Å². The molecule has 0 radical (unpaired) electrons. The van der Waals surface area contributed by atoms with Crippen molar-refractivity contribution in [2.45, 2.75) is 12.5 Å². The molecule has 0 N–H and O–H groups in total. The van der Waals surface area contributed by atoms with Gasteiger partial charge in [-0.2, -0.15) is 5.10 Å². The van der Waals surface area contributed by atoms with Crippen LogP contribution < -0.4 is 18.9 Å². The summed E-state index contributed by atoms with van der Waals surface area (Å²) in [7, 11) is 8.48. The van der Waals surface area contributed by atoms with Crippen molar-refractivity contribution in [3.05, 3.63) is 47.5 Å². The summed E-state index contributed by atoms with van der Waals surface area (Å²) in [6.07, 6.45) is 0.780. The predicted molar refractivity (Wildman–Crippen MR) is 101 cm³/mol. The molecule has 6 heteroatoms. The van der Waals surface area contributed by atoms with Crippen molar-refractivity contribution in [2.24, 2.45) is 5.10 Å². The average Bonchev–Trinajstić information content (AvgIpc) is 3.08. The van der Waals surface area contributed by atoms with Crippen LogP contribution in [-0.4, -0.2) is 46.2 Å². The molecule has 0 saturated carbocycles. The molecule has 0 saturated heterocycles. The maximum absolute atomic E-state index is 5.46. The second kappa shape index (κ2) is 7.56. The van der Waals surface area contributed by atoms with Crippen LogP contribution in [0.3, 0.4) is 0 Å². The third-order valence-corrected chi connectivity index (χ3v) is 4.59. The van der Waals surface area contributed by atoms with Gasteiger partial charge < -0.3 is 18.9 Å². The minimum absolute atomic E-state index is 0.152. The quantitative estimate of drug-likeness (QED) is 0.793. The molecule has 3 rings (SSSR count). The normalized spacial score (nSPS) is 16.3. The molecule has 138 valence electrons. The summed E-state index contributed by atoms with van der Waals surface area (Å²) in [6.45, 7) is 0. The van der Waals surface area contributed by atoms with Crippen LogP contribution in [0.2, 0.25) is 0 Å². The van der Waals surface area contributed by atoms with Crippen molar-refractivity contribution in [3.63, 3.8) is 0 Å². The zero-order chi connectivity index (χ0) is 18.7. The first-order valence-corrected chi connectivity index (χ1v) is 8.36. The molecule has 0 fully saturated rings. The van der Waals surface area contributed by atoms with Crippen molar-refractivity contribution in [1.82, 2.24) is 5.01 Å². The van der Waals surface area contributed by atoms with Gasteiger partial charge in [-0.1, -0.05) is 12.1 Å². The molecule has 0 aliphatic carbocycles. The summed E-state index contributed by atoms with van der Waals surface area (Å²) in [5.74, 6) is 2.67. The van der Waals surface area contributed by atoms with E-state index in [2.05, 4.69) is 12.1 Å². The van der Waals surface area contributed by atoms with E-state index >= 15 is 0 Å². The van der Waals surface area contributed by atoms with Crippen LogP contribution in [-0.2, 0) is 0 Å². The lowest BCUT2D eigenvalue weighted by atomic mass is 9.98. The van der Waals surface area contributed by atoms with Gasteiger partial charge in [0.25, 0.3) is 0 Å². The van der Waals surface area contributed by atoms with Gasteiger partial charge >= 0.3 is 0 Å². The minimum atomic E-state index is 0.152. The van der Waals surface area contributed by atoms with Crippen LogP contribution in [0.15, 0.2) is 41.5 Å². The molecule has 1 unspecified atom stereocenters. The number of hydrazone groups is 1. The molecule has 1 heterocycles. The lowest BCUT2D eigenvalue weighted by Crippen LogP contribution is -2.13. The average molecular weight is 356 g/mol. The van der Waals surface area contributed by atoms with Gasteiger partial charge in [-0.25, -0.2) is 0 Å². The predicted octanol–water partition coefficient (Wildman–Crippen LogP) is 3.50. The standard InChI is InChI=1S/C20H24N2O4/c1-22-17(13-7-6-8-15(9-13)23-2)12-16(21-22)14-10-18(24-3)20(26-5)19(11-14)25-4/h6-11,17H,12H2,1-5H3. The Morgan fingerprint density at radius 2 is 1.62 bits per heavy atom. The molecule has 0 spiro atoms. The molecular weight excluding hydrogens is 332 g/mol. The summed E-state index contributed by atoms with van der Waals surface area (Å²) < 4.78 is 21.7. The SMILES string of the molecule is COc1cccc(C2CC(c3cc(OC)c(OC)c(OC)c3)=NN2C)c1. The molecule has 1 atom stereocenters. The Morgan fingerprint density at radius 3 is 2.19 bits per heavy atom. The lowest BCUT2D eigenvalue weighted by Gasteiger charge is -2.19. The molecule has 2 aromatic carbocycles. The van der Waals surface area contributed by atoms with E-state index in [1.165, 1.54) is 0 Å². The van der Waals surface area contributed by atoms with Crippen LogP contribution in [0.4, 0.5) is 0 Å². The number of methoxy groups -OCH3 is 4.